The quantitative estimate of drug-likeness (QED) is 0.768. The predicted octanol–water partition coefficient (Wildman–Crippen LogP) is 4.48. The van der Waals surface area contributed by atoms with Crippen LogP contribution in [-0.4, -0.2) is 11.1 Å². The highest BCUT2D eigenvalue weighted by atomic mass is 35.5. The minimum absolute atomic E-state index is 0.133. The molecule has 5 heteroatoms. The Balaban J connectivity index is 1.66. The fraction of sp³-hybridized carbons (Fsp3) is 0.111. The van der Waals surface area contributed by atoms with Crippen LogP contribution in [0.25, 0.3) is 11.3 Å². The Kier molecular flexibility index (Phi) is 4.44. The smallest absolute Gasteiger partial charge is 0.230 e. The van der Waals surface area contributed by atoms with Crippen molar-refractivity contribution in [3.63, 3.8) is 0 Å². The van der Waals surface area contributed by atoms with Crippen molar-refractivity contribution in [1.29, 1.82) is 0 Å². The van der Waals surface area contributed by atoms with Crippen molar-refractivity contribution in [2.75, 3.05) is 5.32 Å². The molecule has 0 radical (unpaired) electrons. The van der Waals surface area contributed by atoms with Crippen LogP contribution in [0.3, 0.4) is 0 Å². The lowest BCUT2D eigenvalue weighted by Crippen LogP contribution is -2.14. The average molecular weight is 327 g/mol. The van der Waals surface area contributed by atoms with E-state index < -0.39 is 0 Å². The number of hydrogen-bond donors (Lipinski definition) is 1. The number of benzene rings is 2. The number of nitrogens with zero attached hydrogens (tertiary/aromatic N) is 1. The van der Waals surface area contributed by atoms with Gasteiger partial charge in [-0.25, -0.2) is 0 Å². The maximum absolute atomic E-state index is 12.1. The Morgan fingerprint density at radius 3 is 2.70 bits per heavy atom. The summed E-state index contributed by atoms with van der Waals surface area (Å²) < 4.78 is 5.29. The molecular formula is C18H15ClN2O2. The van der Waals surface area contributed by atoms with Crippen molar-refractivity contribution in [3.05, 3.63) is 70.9 Å². The second-order valence-corrected chi connectivity index (χ2v) is 5.72. The van der Waals surface area contributed by atoms with Crippen LogP contribution >= 0.6 is 11.6 Å². The molecule has 0 atom stereocenters. The van der Waals surface area contributed by atoms with E-state index in [4.69, 9.17) is 16.1 Å². The number of halogens is 1. The zero-order chi connectivity index (χ0) is 16.2. The summed E-state index contributed by atoms with van der Waals surface area (Å²) in [6.07, 6.45) is 0.158. The Morgan fingerprint density at radius 2 is 1.96 bits per heavy atom. The first kappa shape index (κ1) is 15.3. The van der Waals surface area contributed by atoms with Gasteiger partial charge in [0, 0.05) is 22.3 Å². The molecule has 3 aromatic rings. The molecule has 0 saturated carbocycles. The first-order valence-electron chi connectivity index (χ1n) is 7.18. The van der Waals surface area contributed by atoms with Gasteiger partial charge in [-0.15, -0.1) is 0 Å². The molecule has 0 unspecified atom stereocenters. The molecule has 2 aromatic carbocycles. The highest BCUT2D eigenvalue weighted by Crippen LogP contribution is 2.22. The van der Waals surface area contributed by atoms with Crippen molar-refractivity contribution in [3.8, 4) is 11.3 Å². The van der Waals surface area contributed by atoms with Gasteiger partial charge < -0.3 is 9.84 Å². The molecule has 1 heterocycles. The average Bonchev–Trinajstić information content (AvgIpc) is 2.96. The van der Waals surface area contributed by atoms with Crippen LogP contribution in [0.15, 0.2) is 59.1 Å². The van der Waals surface area contributed by atoms with E-state index >= 15 is 0 Å². The number of nitrogens with one attached hydrogen (secondary N) is 1. The molecule has 0 fully saturated rings. The Bertz CT molecular complexity index is 825. The second kappa shape index (κ2) is 6.67. The SMILES string of the molecule is Cc1cccc(NC(=O)Cc2cc(-c3ccc(Cl)cc3)on2)c1. The van der Waals surface area contributed by atoms with Crippen LogP contribution in [0.5, 0.6) is 0 Å². The molecule has 0 bridgehead atoms. The normalized spacial score (nSPS) is 10.5. The highest BCUT2D eigenvalue weighted by Gasteiger charge is 2.11. The predicted molar refractivity (Wildman–Crippen MR) is 90.5 cm³/mol. The van der Waals surface area contributed by atoms with Gasteiger partial charge >= 0.3 is 0 Å². The lowest BCUT2D eigenvalue weighted by molar-refractivity contribution is -0.115. The zero-order valence-corrected chi connectivity index (χ0v) is 13.3. The highest BCUT2D eigenvalue weighted by molar-refractivity contribution is 6.30. The number of aromatic nitrogens is 1. The van der Waals surface area contributed by atoms with Gasteiger partial charge in [0.1, 0.15) is 0 Å². The molecule has 0 spiro atoms. The topological polar surface area (TPSA) is 55.1 Å². The number of anilines is 1. The van der Waals surface area contributed by atoms with Crippen LogP contribution in [0.4, 0.5) is 5.69 Å². The van der Waals surface area contributed by atoms with Gasteiger partial charge in [-0.05, 0) is 48.9 Å². The summed E-state index contributed by atoms with van der Waals surface area (Å²) in [5.74, 6) is 0.478. The molecule has 23 heavy (non-hydrogen) atoms. The first-order valence-corrected chi connectivity index (χ1v) is 7.56. The summed E-state index contributed by atoms with van der Waals surface area (Å²) in [5, 5.41) is 7.45. The van der Waals surface area contributed by atoms with Crippen LogP contribution in [0.2, 0.25) is 5.02 Å². The molecule has 1 aromatic heterocycles. The van der Waals surface area contributed by atoms with Crippen LogP contribution in [0.1, 0.15) is 11.3 Å². The largest absolute Gasteiger partial charge is 0.356 e. The Hall–Kier alpha value is -2.59. The van der Waals surface area contributed by atoms with Crippen LogP contribution in [0, 0.1) is 6.92 Å². The number of hydrogen-bond acceptors (Lipinski definition) is 3. The lowest BCUT2D eigenvalue weighted by Gasteiger charge is -2.04. The van der Waals surface area contributed by atoms with Gasteiger partial charge in [-0.3, -0.25) is 4.79 Å². The van der Waals surface area contributed by atoms with Gasteiger partial charge in [0.25, 0.3) is 0 Å². The van der Waals surface area contributed by atoms with E-state index in [0.29, 0.717) is 16.5 Å². The fourth-order valence-electron chi connectivity index (χ4n) is 2.24. The van der Waals surface area contributed by atoms with Crippen molar-refractivity contribution in [1.82, 2.24) is 5.16 Å². The van der Waals surface area contributed by atoms with Gasteiger partial charge in [-0.1, -0.05) is 28.9 Å². The van der Waals surface area contributed by atoms with E-state index in [-0.39, 0.29) is 12.3 Å². The van der Waals surface area contributed by atoms with E-state index in [0.717, 1.165) is 16.8 Å². The van der Waals surface area contributed by atoms with Crippen LogP contribution in [-0.2, 0) is 11.2 Å². The third kappa shape index (κ3) is 3.99. The summed E-state index contributed by atoms with van der Waals surface area (Å²) in [5.41, 5.74) is 3.32. The standard InChI is InChI=1S/C18H15ClN2O2/c1-12-3-2-4-15(9-12)20-18(22)11-16-10-17(23-21-16)13-5-7-14(19)8-6-13/h2-10H,11H2,1H3,(H,20,22). The van der Waals surface area contributed by atoms with Gasteiger partial charge in [0.15, 0.2) is 5.76 Å². The molecule has 4 nitrogen and oxygen atoms in total. The summed E-state index contributed by atoms with van der Waals surface area (Å²) in [6, 6.07) is 16.7. The third-order valence-electron chi connectivity index (χ3n) is 3.33. The number of carbonyl (C=O) groups is 1. The Morgan fingerprint density at radius 1 is 1.17 bits per heavy atom. The van der Waals surface area contributed by atoms with Gasteiger partial charge in [-0.2, -0.15) is 0 Å². The number of amides is 1. The van der Waals surface area contributed by atoms with E-state index in [1.54, 1.807) is 18.2 Å². The zero-order valence-electron chi connectivity index (χ0n) is 12.5. The minimum atomic E-state index is -0.133. The summed E-state index contributed by atoms with van der Waals surface area (Å²) >= 11 is 5.86. The molecular weight excluding hydrogens is 312 g/mol. The van der Waals surface area contributed by atoms with Crippen molar-refractivity contribution in [2.45, 2.75) is 13.3 Å². The number of carbonyl (C=O) groups excluding carboxylic acids is 1. The molecule has 0 aliphatic rings. The van der Waals surface area contributed by atoms with Gasteiger partial charge in [0.2, 0.25) is 5.91 Å². The summed E-state index contributed by atoms with van der Waals surface area (Å²) in [7, 11) is 0. The van der Waals surface area contributed by atoms with E-state index in [9.17, 15) is 4.79 Å². The third-order valence-corrected chi connectivity index (χ3v) is 3.58. The first-order chi connectivity index (χ1) is 11.1. The van der Waals surface area contributed by atoms with Crippen molar-refractivity contribution >= 4 is 23.2 Å². The maximum Gasteiger partial charge on any atom is 0.230 e. The molecule has 116 valence electrons. The van der Waals surface area contributed by atoms with Crippen molar-refractivity contribution in [2.24, 2.45) is 0 Å². The maximum atomic E-state index is 12.1. The second-order valence-electron chi connectivity index (χ2n) is 5.28. The van der Waals surface area contributed by atoms with E-state index in [2.05, 4.69) is 10.5 Å². The molecule has 0 aliphatic heterocycles. The fourth-order valence-corrected chi connectivity index (χ4v) is 2.36. The van der Waals surface area contributed by atoms with Gasteiger partial charge in [0.05, 0.1) is 12.1 Å². The molecule has 0 saturated heterocycles. The molecule has 3 rings (SSSR count). The monoisotopic (exact) mass is 326 g/mol. The lowest BCUT2D eigenvalue weighted by atomic mass is 10.1. The Labute approximate surface area is 139 Å². The van der Waals surface area contributed by atoms with Crippen molar-refractivity contribution < 1.29 is 9.32 Å². The van der Waals surface area contributed by atoms with Crippen LogP contribution < -0.4 is 5.32 Å². The van der Waals surface area contributed by atoms with E-state index in [1.807, 2.05) is 43.3 Å². The molecule has 1 N–H and O–H groups in total. The number of aryl methyl sites for hydroxylation is 1. The minimum Gasteiger partial charge on any atom is -0.356 e. The molecule has 0 aliphatic carbocycles. The summed E-state index contributed by atoms with van der Waals surface area (Å²) in [6.45, 7) is 1.98. The molecule has 1 amide bonds. The van der Waals surface area contributed by atoms with E-state index in [1.165, 1.54) is 0 Å². The number of rotatable bonds is 4. The summed E-state index contributed by atoms with van der Waals surface area (Å²) in [4.78, 5) is 12.1.